The number of carbonyl (C=O) groups excluding carboxylic acids is 1. The van der Waals surface area contributed by atoms with E-state index in [1.807, 2.05) is 0 Å². The van der Waals surface area contributed by atoms with Gasteiger partial charge in [0.1, 0.15) is 30.5 Å². The molecule has 0 aromatic heterocycles. The molecule has 0 saturated carbocycles. The number of aliphatic hydroxyl groups is 4. The van der Waals surface area contributed by atoms with Crippen LogP contribution < -0.4 is 0 Å². The maximum Gasteiger partial charge on any atom is 0.306 e. The molecule has 6 atom stereocenters. The standard InChI is InChI=1S/C46H80O9/c1-3-5-7-9-11-13-15-17-19-20-21-22-24-26-28-30-32-34-36-52-38-40(39-53-46-45(51)44(50)43(49)41(37-47)55-46)54-42(48)35-33-31-29-27-25-23-18-16-14-12-10-8-6-4-2/h5,7,11,13,16-19,21-22,40-41,43-47,49-51H,3-4,6,8-10,12,14-15,20,23-39H2,1-2H3/b7-5-,13-11-,18-16-,19-17-,22-21-. The Kier molecular flexibility index (Phi) is 34.7. The molecule has 9 nitrogen and oxygen atoms in total. The highest BCUT2D eigenvalue weighted by molar-refractivity contribution is 5.69. The van der Waals surface area contributed by atoms with Crippen LogP contribution in [0.15, 0.2) is 60.8 Å². The van der Waals surface area contributed by atoms with Crippen molar-refractivity contribution in [2.75, 3.05) is 26.4 Å². The Hall–Kier alpha value is -2.11. The highest BCUT2D eigenvalue weighted by Crippen LogP contribution is 2.22. The van der Waals surface area contributed by atoms with Gasteiger partial charge in [-0.25, -0.2) is 0 Å². The molecule has 318 valence electrons. The minimum Gasteiger partial charge on any atom is -0.457 e. The van der Waals surface area contributed by atoms with E-state index >= 15 is 0 Å². The van der Waals surface area contributed by atoms with E-state index in [2.05, 4.69) is 74.6 Å². The summed E-state index contributed by atoms with van der Waals surface area (Å²) in [4.78, 5) is 12.7. The minimum atomic E-state index is -1.54. The topological polar surface area (TPSA) is 135 Å². The average Bonchev–Trinajstić information content (AvgIpc) is 3.18. The first kappa shape index (κ1) is 50.9. The van der Waals surface area contributed by atoms with Crippen molar-refractivity contribution in [1.29, 1.82) is 0 Å². The van der Waals surface area contributed by atoms with E-state index in [0.29, 0.717) is 13.0 Å². The first-order chi connectivity index (χ1) is 26.9. The predicted molar refractivity (Wildman–Crippen MR) is 224 cm³/mol. The molecule has 1 aliphatic rings. The summed E-state index contributed by atoms with van der Waals surface area (Å²) in [7, 11) is 0. The van der Waals surface area contributed by atoms with Crippen LogP contribution in [0.25, 0.3) is 0 Å². The Bertz CT molecular complexity index is 1020. The number of unbranched alkanes of at least 4 members (excludes halogenated alkanes) is 15. The zero-order valence-corrected chi connectivity index (χ0v) is 34.7. The fourth-order valence-corrected chi connectivity index (χ4v) is 6.24. The molecule has 1 saturated heterocycles. The summed E-state index contributed by atoms with van der Waals surface area (Å²) in [5.74, 6) is -0.332. The van der Waals surface area contributed by atoms with Gasteiger partial charge in [-0.3, -0.25) is 4.79 Å². The lowest BCUT2D eigenvalue weighted by Crippen LogP contribution is -2.59. The van der Waals surface area contributed by atoms with Crippen LogP contribution in [0.2, 0.25) is 0 Å². The molecule has 0 aliphatic carbocycles. The van der Waals surface area contributed by atoms with Crippen molar-refractivity contribution >= 4 is 5.97 Å². The minimum absolute atomic E-state index is 0.126. The number of hydrogen-bond acceptors (Lipinski definition) is 9. The number of esters is 1. The van der Waals surface area contributed by atoms with Crippen molar-refractivity contribution in [3.8, 4) is 0 Å². The number of allylic oxidation sites excluding steroid dienone is 10. The fourth-order valence-electron chi connectivity index (χ4n) is 6.24. The van der Waals surface area contributed by atoms with E-state index in [4.69, 9.17) is 18.9 Å². The molecule has 0 spiro atoms. The van der Waals surface area contributed by atoms with Crippen LogP contribution in [0.5, 0.6) is 0 Å². The molecule has 1 aliphatic heterocycles. The summed E-state index contributed by atoms with van der Waals surface area (Å²) in [6, 6.07) is 0. The van der Waals surface area contributed by atoms with E-state index < -0.39 is 43.4 Å². The van der Waals surface area contributed by atoms with Crippen LogP contribution in [0, 0.1) is 0 Å². The molecule has 6 unspecified atom stereocenters. The molecule has 0 radical (unpaired) electrons. The van der Waals surface area contributed by atoms with Gasteiger partial charge in [-0.05, 0) is 77.0 Å². The van der Waals surface area contributed by atoms with Gasteiger partial charge in [0, 0.05) is 13.0 Å². The number of hydrogen-bond donors (Lipinski definition) is 4. The number of rotatable bonds is 36. The molecule has 1 fully saturated rings. The Labute approximate surface area is 335 Å². The Morgan fingerprint density at radius 2 is 1.11 bits per heavy atom. The Balaban J connectivity index is 2.30. The zero-order valence-electron chi connectivity index (χ0n) is 34.7. The summed E-state index contributed by atoms with van der Waals surface area (Å²) < 4.78 is 22.8. The van der Waals surface area contributed by atoms with Gasteiger partial charge >= 0.3 is 5.97 Å². The van der Waals surface area contributed by atoms with Gasteiger partial charge in [0.2, 0.25) is 0 Å². The molecule has 1 heterocycles. The summed E-state index contributed by atoms with van der Waals surface area (Å²) in [5.41, 5.74) is 0. The van der Waals surface area contributed by atoms with Gasteiger partial charge in [0.05, 0.1) is 19.8 Å². The largest absolute Gasteiger partial charge is 0.457 e. The second-order valence-electron chi connectivity index (χ2n) is 14.8. The van der Waals surface area contributed by atoms with Crippen molar-refractivity contribution in [3.63, 3.8) is 0 Å². The molecule has 0 aromatic carbocycles. The van der Waals surface area contributed by atoms with E-state index in [-0.39, 0.29) is 19.2 Å². The quantitative estimate of drug-likeness (QED) is 0.0279. The number of carbonyl (C=O) groups is 1. The molecular formula is C46H80O9. The molecule has 9 heteroatoms. The van der Waals surface area contributed by atoms with Crippen molar-refractivity contribution < 1.29 is 44.2 Å². The van der Waals surface area contributed by atoms with Gasteiger partial charge in [-0.1, -0.05) is 139 Å². The second-order valence-corrected chi connectivity index (χ2v) is 14.8. The van der Waals surface area contributed by atoms with Crippen LogP contribution >= 0.6 is 0 Å². The molecule has 4 N–H and O–H groups in total. The van der Waals surface area contributed by atoms with Crippen molar-refractivity contribution in [2.24, 2.45) is 0 Å². The highest BCUT2D eigenvalue weighted by Gasteiger charge is 2.44. The number of ether oxygens (including phenoxy) is 4. The van der Waals surface area contributed by atoms with Gasteiger partial charge in [-0.15, -0.1) is 0 Å². The van der Waals surface area contributed by atoms with Gasteiger partial charge < -0.3 is 39.4 Å². The third-order valence-corrected chi connectivity index (χ3v) is 9.67. The molecule has 1 rings (SSSR count). The molecular weight excluding hydrogens is 696 g/mol. The van der Waals surface area contributed by atoms with E-state index in [9.17, 15) is 25.2 Å². The first-order valence-corrected chi connectivity index (χ1v) is 21.9. The van der Waals surface area contributed by atoms with Crippen LogP contribution in [0.1, 0.15) is 162 Å². The van der Waals surface area contributed by atoms with Gasteiger partial charge in [0.25, 0.3) is 0 Å². The molecule has 0 bridgehead atoms. The Morgan fingerprint density at radius 3 is 1.69 bits per heavy atom. The smallest absolute Gasteiger partial charge is 0.306 e. The predicted octanol–water partition coefficient (Wildman–Crippen LogP) is 9.52. The van der Waals surface area contributed by atoms with Crippen LogP contribution in [0.3, 0.4) is 0 Å². The van der Waals surface area contributed by atoms with E-state index in [1.165, 1.54) is 51.4 Å². The Morgan fingerprint density at radius 1 is 0.600 bits per heavy atom. The van der Waals surface area contributed by atoms with Crippen molar-refractivity contribution in [1.82, 2.24) is 0 Å². The molecule has 0 amide bonds. The van der Waals surface area contributed by atoms with Crippen molar-refractivity contribution in [3.05, 3.63) is 60.8 Å². The lowest BCUT2D eigenvalue weighted by molar-refractivity contribution is -0.305. The van der Waals surface area contributed by atoms with Crippen LogP contribution in [0.4, 0.5) is 0 Å². The van der Waals surface area contributed by atoms with E-state index in [0.717, 1.165) is 89.9 Å². The average molecular weight is 777 g/mol. The lowest BCUT2D eigenvalue weighted by Gasteiger charge is -2.39. The third-order valence-electron chi connectivity index (χ3n) is 9.67. The van der Waals surface area contributed by atoms with Crippen LogP contribution in [-0.2, 0) is 23.7 Å². The number of aliphatic hydroxyl groups excluding tert-OH is 4. The van der Waals surface area contributed by atoms with E-state index in [1.54, 1.807) is 0 Å². The summed E-state index contributed by atoms with van der Waals surface area (Å²) in [5, 5.41) is 40.1. The maximum atomic E-state index is 12.7. The van der Waals surface area contributed by atoms with Gasteiger partial charge in [0.15, 0.2) is 6.29 Å². The van der Waals surface area contributed by atoms with Crippen molar-refractivity contribution in [2.45, 2.75) is 198 Å². The first-order valence-electron chi connectivity index (χ1n) is 21.9. The fraction of sp³-hybridized carbons (Fsp3) is 0.761. The third kappa shape index (κ3) is 28.9. The molecule has 0 aromatic rings. The molecule has 55 heavy (non-hydrogen) atoms. The summed E-state index contributed by atoms with van der Waals surface area (Å²) >= 11 is 0. The highest BCUT2D eigenvalue weighted by atomic mass is 16.7. The normalized spacial score (nSPS) is 21.3. The van der Waals surface area contributed by atoms with Crippen LogP contribution in [-0.4, -0.2) is 89.6 Å². The lowest BCUT2D eigenvalue weighted by atomic mass is 9.99. The zero-order chi connectivity index (χ0) is 40.0. The monoisotopic (exact) mass is 777 g/mol. The summed E-state index contributed by atoms with van der Waals surface area (Å²) in [6.45, 7) is 4.37. The summed E-state index contributed by atoms with van der Waals surface area (Å²) in [6.07, 6.45) is 39.6. The van der Waals surface area contributed by atoms with Gasteiger partial charge in [-0.2, -0.15) is 0 Å². The maximum absolute atomic E-state index is 12.7. The second kappa shape index (κ2) is 37.5. The SMILES string of the molecule is CC/C=C\C/C=C\C/C=C\C/C=C\CCCCCCCOCC(COC1OC(CO)C(O)C(O)C1O)OC(=O)CCCCCCC/C=C\CCCCCCC.